The van der Waals surface area contributed by atoms with Gasteiger partial charge >= 0.3 is 11.9 Å². The van der Waals surface area contributed by atoms with Crippen LogP contribution in [0.3, 0.4) is 0 Å². The van der Waals surface area contributed by atoms with Gasteiger partial charge in [0, 0.05) is 0 Å². The Balaban J connectivity index is 2.20. The third kappa shape index (κ3) is 32.3. The number of carbonyl (C=O) groups excluding carboxylic acids is 2. The van der Waals surface area contributed by atoms with Crippen LogP contribution in [0.1, 0.15) is 266 Å². The van der Waals surface area contributed by atoms with E-state index >= 15 is 0 Å². The van der Waals surface area contributed by atoms with E-state index < -0.39 is 32.5 Å². The monoisotopic (exact) mass is 859 g/mol. The predicted octanol–water partition coefficient (Wildman–Crippen LogP) is 16.4. The minimum atomic E-state index is -4.80. The first-order valence-corrected chi connectivity index (χ1v) is 26.5. The molecule has 0 bridgehead atoms. The van der Waals surface area contributed by atoms with Gasteiger partial charge in [0.15, 0.2) is 0 Å². The Bertz CT molecular complexity index is 1340. The van der Waals surface area contributed by atoms with Crippen molar-refractivity contribution in [3.05, 3.63) is 53.6 Å². The Kier molecular flexibility index (Phi) is 37.6. The Morgan fingerprint density at radius 3 is 1.07 bits per heavy atom. The van der Waals surface area contributed by atoms with Crippen molar-refractivity contribution in [1.29, 1.82) is 0 Å². The fraction of sp³-hybridized carbons (Fsp3) is 0.769. The van der Waals surface area contributed by atoms with Gasteiger partial charge in [0.05, 0.1) is 11.1 Å². The lowest BCUT2D eigenvalue weighted by atomic mass is 10.0. The van der Waals surface area contributed by atoms with E-state index in [0.717, 1.165) is 38.2 Å². The van der Waals surface area contributed by atoms with E-state index in [1.165, 1.54) is 211 Å². The molecule has 0 spiro atoms. The summed E-state index contributed by atoms with van der Waals surface area (Å²) in [5, 5.41) is 0. The van der Waals surface area contributed by atoms with Gasteiger partial charge in [-0.15, -0.1) is 0 Å². The fourth-order valence-corrected chi connectivity index (χ4v) is 8.57. The van der Waals surface area contributed by atoms with E-state index in [0.29, 0.717) is 0 Å². The van der Waals surface area contributed by atoms with Gasteiger partial charge in [0.1, 0.15) is 18.1 Å². The normalized spacial score (nSPS) is 11.9. The molecule has 0 aliphatic carbocycles. The highest BCUT2D eigenvalue weighted by molar-refractivity contribution is 7.86. The minimum Gasteiger partial charge on any atom is -0.458 e. The lowest BCUT2D eigenvalue weighted by Crippen LogP contribution is -2.18. The zero-order valence-corrected chi connectivity index (χ0v) is 39.5. The zero-order valence-electron chi connectivity index (χ0n) is 38.7. The first-order valence-electron chi connectivity index (χ1n) is 25.1. The molecular weight excluding hydrogens is 769 g/mol. The maximum Gasteiger partial charge on any atom is 0.340 e. The van der Waals surface area contributed by atoms with Crippen molar-refractivity contribution < 1.29 is 32.0 Å². The molecule has 0 aromatic heterocycles. The molecule has 1 aromatic rings. The van der Waals surface area contributed by atoms with Crippen LogP contribution in [0.4, 0.5) is 0 Å². The number of hydrogen-bond acceptors (Lipinski definition) is 6. The van der Waals surface area contributed by atoms with Crippen LogP contribution in [-0.2, 0) is 19.6 Å². The van der Waals surface area contributed by atoms with Gasteiger partial charge in [-0.25, -0.2) is 9.59 Å². The number of esters is 2. The van der Waals surface area contributed by atoms with Crippen LogP contribution >= 0.6 is 0 Å². The second-order valence-electron chi connectivity index (χ2n) is 17.2. The second kappa shape index (κ2) is 40.6. The number of allylic oxidation sites excluding steroid dienone is 2. The zero-order chi connectivity index (χ0) is 43.6. The molecule has 1 N–H and O–H groups in total. The van der Waals surface area contributed by atoms with Crippen molar-refractivity contribution in [2.24, 2.45) is 0 Å². The smallest absolute Gasteiger partial charge is 0.340 e. The third-order valence-corrected chi connectivity index (χ3v) is 12.5. The summed E-state index contributed by atoms with van der Waals surface area (Å²) in [6.45, 7) is 4.46. The van der Waals surface area contributed by atoms with Gasteiger partial charge in [0.25, 0.3) is 10.1 Å². The molecule has 0 saturated carbocycles. The first-order chi connectivity index (χ1) is 29.3. The van der Waals surface area contributed by atoms with Crippen LogP contribution in [0.15, 0.2) is 47.4 Å². The van der Waals surface area contributed by atoms with Crippen LogP contribution in [0, 0.1) is 0 Å². The Morgan fingerprint density at radius 1 is 0.450 bits per heavy atom. The van der Waals surface area contributed by atoms with E-state index in [1.807, 2.05) is 12.2 Å². The third-order valence-electron chi connectivity index (χ3n) is 11.6. The van der Waals surface area contributed by atoms with Crippen LogP contribution < -0.4 is 0 Å². The van der Waals surface area contributed by atoms with E-state index in [4.69, 9.17) is 9.47 Å². The molecule has 1 rings (SSSR count). The molecule has 0 atom stereocenters. The standard InChI is InChI=1S/C52H90O7S/c1-3-5-7-9-11-13-15-17-19-21-23-25-27-29-31-33-35-37-39-41-46-58-51(53)48-44-43-45-49(60(55,56)57)50(48)52(54)59-47-42-40-38-36-34-32-30-28-26-24-22-20-18-16-14-12-10-8-6-4-2/h39-45H,3-38,46-47H2,1-2H3,(H,55,56,57)/b41-39+,42-40+. The highest BCUT2D eigenvalue weighted by Gasteiger charge is 2.28. The number of benzene rings is 1. The van der Waals surface area contributed by atoms with E-state index in [9.17, 15) is 22.6 Å². The van der Waals surface area contributed by atoms with Gasteiger partial charge in [-0.2, -0.15) is 8.42 Å². The molecule has 7 nitrogen and oxygen atoms in total. The van der Waals surface area contributed by atoms with Gasteiger partial charge in [-0.05, 0) is 37.8 Å². The molecule has 8 heteroatoms. The molecule has 0 unspecified atom stereocenters. The maximum absolute atomic E-state index is 13.0. The van der Waals surface area contributed by atoms with E-state index in [2.05, 4.69) is 13.8 Å². The van der Waals surface area contributed by atoms with Crippen molar-refractivity contribution in [3.63, 3.8) is 0 Å². The number of ether oxygens (including phenoxy) is 2. The quantitative estimate of drug-likeness (QED) is 0.0302. The van der Waals surface area contributed by atoms with Crippen molar-refractivity contribution >= 4 is 22.1 Å². The van der Waals surface area contributed by atoms with Crippen molar-refractivity contribution in [2.45, 2.75) is 250 Å². The average molecular weight is 859 g/mol. The van der Waals surface area contributed by atoms with Crippen molar-refractivity contribution in [1.82, 2.24) is 0 Å². The number of unbranched alkanes of at least 4 members (excludes halogenated alkanes) is 34. The maximum atomic E-state index is 13.0. The number of carbonyl (C=O) groups is 2. The molecule has 1 aromatic carbocycles. The summed E-state index contributed by atoms with van der Waals surface area (Å²) >= 11 is 0. The minimum absolute atomic E-state index is 0.00940. The lowest BCUT2D eigenvalue weighted by Gasteiger charge is -2.11. The highest BCUT2D eigenvalue weighted by atomic mass is 32.2. The summed E-state index contributed by atoms with van der Waals surface area (Å²) in [5.41, 5.74) is -0.775. The van der Waals surface area contributed by atoms with Crippen LogP contribution in [0.5, 0.6) is 0 Å². The highest BCUT2D eigenvalue weighted by Crippen LogP contribution is 2.23. The molecule has 0 saturated heterocycles. The topological polar surface area (TPSA) is 107 Å². The SMILES string of the molecule is CCCCCCCCCCCCCCCCCCC/C=C/COC(=O)c1cccc(S(=O)(=O)O)c1C(=O)OC/C=C/CCCCCCCCCCCCCCCCCCC. The summed E-state index contributed by atoms with van der Waals surface area (Å²) in [6, 6.07) is 3.68. The summed E-state index contributed by atoms with van der Waals surface area (Å²) in [5.74, 6) is -1.86. The van der Waals surface area contributed by atoms with Crippen molar-refractivity contribution in [2.75, 3.05) is 13.2 Å². The average Bonchev–Trinajstić information content (AvgIpc) is 3.24. The summed E-state index contributed by atoms with van der Waals surface area (Å²) < 4.78 is 44.7. The molecule has 0 amide bonds. The van der Waals surface area contributed by atoms with Gasteiger partial charge in [0.2, 0.25) is 0 Å². The van der Waals surface area contributed by atoms with Crippen LogP contribution in [0.2, 0.25) is 0 Å². The Labute approximate surface area is 369 Å². The molecule has 0 fully saturated rings. The summed E-state index contributed by atoms with van der Waals surface area (Å²) in [4.78, 5) is 25.3. The number of hydrogen-bond donors (Lipinski definition) is 1. The molecule has 0 radical (unpaired) electrons. The molecule has 60 heavy (non-hydrogen) atoms. The number of rotatable bonds is 43. The van der Waals surface area contributed by atoms with Gasteiger partial charge in [-0.3, -0.25) is 4.55 Å². The van der Waals surface area contributed by atoms with E-state index in [-0.39, 0.29) is 18.8 Å². The molecule has 0 aliphatic rings. The Hall–Kier alpha value is -2.45. The lowest BCUT2D eigenvalue weighted by molar-refractivity contribution is 0.0499. The van der Waals surface area contributed by atoms with Crippen LogP contribution in [0.25, 0.3) is 0 Å². The summed E-state index contributed by atoms with van der Waals surface area (Å²) in [7, 11) is -4.80. The Morgan fingerprint density at radius 2 is 0.750 bits per heavy atom. The van der Waals surface area contributed by atoms with Crippen molar-refractivity contribution in [3.8, 4) is 0 Å². The van der Waals surface area contributed by atoms with Crippen LogP contribution in [-0.4, -0.2) is 38.1 Å². The van der Waals surface area contributed by atoms with E-state index in [1.54, 1.807) is 12.2 Å². The van der Waals surface area contributed by atoms with Gasteiger partial charge in [-0.1, -0.05) is 250 Å². The van der Waals surface area contributed by atoms with Gasteiger partial charge < -0.3 is 9.47 Å². The second-order valence-corrected chi connectivity index (χ2v) is 18.6. The summed E-state index contributed by atoms with van der Waals surface area (Å²) in [6.07, 6.45) is 54.5. The molecule has 0 aliphatic heterocycles. The largest absolute Gasteiger partial charge is 0.458 e. The molecule has 0 heterocycles. The molecule has 346 valence electrons. The fourth-order valence-electron chi connectivity index (χ4n) is 7.87. The predicted molar refractivity (Wildman–Crippen MR) is 253 cm³/mol. The first kappa shape index (κ1) is 55.6. The molecular formula is C52H90O7S.